The third kappa shape index (κ3) is 1.72. The maximum Gasteiger partial charge on any atom is 0.173 e. The maximum atomic E-state index is 8.60. The van der Waals surface area contributed by atoms with Crippen LogP contribution in [0.25, 0.3) is 0 Å². The Morgan fingerprint density at radius 1 is 1.40 bits per heavy atom. The molecule has 2 rings (SSSR count). The second-order valence-electron chi connectivity index (χ2n) is 3.72. The Labute approximate surface area is 87.8 Å². The van der Waals surface area contributed by atoms with Crippen molar-refractivity contribution in [3.05, 3.63) is 22.9 Å². The minimum Gasteiger partial charge on any atom is -0.409 e. The van der Waals surface area contributed by atoms with Gasteiger partial charge in [0, 0.05) is 5.69 Å². The van der Waals surface area contributed by atoms with Crippen LogP contribution in [0.2, 0.25) is 0 Å². The number of nitrogens with two attached hydrogens (primary N) is 2. The molecule has 0 saturated carbocycles. The number of nitrogens with zero attached hydrogens (tertiary/aromatic N) is 2. The zero-order valence-electron chi connectivity index (χ0n) is 8.40. The van der Waals surface area contributed by atoms with Gasteiger partial charge in [-0.05, 0) is 37.3 Å². The molecule has 0 radical (unpaired) electrons. The van der Waals surface area contributed by atoms with E-state index in [1.54, 1.807) is 0 Å². The van der Waals surface area contributed by atoms with E-state index in [0.717, 1.165) is 36.9 Å². The van der Waals surface area contributed by atoms with E-state index in [1.807, 2.05) is 6.07 Å². The fourth-order valence-electron chi connectivity index (χ4n) is 1.91. The van der Waals surface area contributed by atoms with Crippen LogP contribution in [0.5, 0.6) is 0 Å². The van der Waals surface area contributed by atoms with Gasteiger partial charge in [0.2, 0.25) is 0 Å². The van der Waals surface area contributed by atoms with E-state index >= 15 is 0 Å². The van der Waals surface area contributed by atoms with E-state index in [-0.39, 0.29) is 5.84 Å². The number of pyridine rings is 1. The predicted molar refractivity (Wildman–Crippen MR) is 57.8 cm³/mol. The number of anilines is 1. The van der Waals surface area contributed by atoms with E-state index in [9.17, 15) is 0 Å². The molecule has 0 fully saturated rings. The van der Waals surface area contributed by atoms with E-state index in [1.165, 1.54) is 0 Å². The molecule has 0 saturated heterocycles. The number of nitrogen functional groups attached to an aromatic ring is 1. The Bertz CT molecular complexity index is 414. The summed E-state index contributed by atoms with van der Waals surface area (Å²) < 4.78 is 0. The van der Waals surface area contributed by atoms with Gasteiger partial charge in [-0.15, -0.1) is 0 Å². The number of fused-ring (bicyclic) bond motifs is 1. The molecule has 0 atom stereocenters. The van der Waals surface area contributed by atoms with Crippen LogP contribution in [0.1, 0.15) is 29.7 Å². The highest BCUT2D eigenvalue weighted by molar-refractivity contribution is 6.01. The molecule has 0 unspecified atom stereocenters. The SMILES string of the molecule is N/C(=N\O)c1cc2c(nc1N)CCCC2. The van der Waals surface area contributed by atoms with Crippen molar-refractivity contribution in [3.63, 3.8) is 0 Å². The van der Waals surface area contributed by atoms with Gasteiger partial charge in [0.25, 0.3) is 0 Å². The number of hydrogen-bond donors (Lipinski definition) is 3. The number of aryl methyl sites for hydroxylation is 2. The topological polar surface area (TPSA) is 97.5 Å². The standard InChI is InChI=1S/C10H14N4O/c11-9-7(10(12)14-15)5-6-3-1-2-4-8(6)13-9/h5,15H,1-4H2,(H2,11,13)(H2,12,14). The number of rotatable bonds is 1. The van der Waals surface area contributed by atoms with Gasteiger partial charge in [-0.1, -0.05) is 5.16 Å². The molecule has 1 aromatic rings. The molecule has 0 amide bonds. The zero-order chi connectivity index (χ0) is 10.8. The van der Waals surface area contributed by atoms with Gasteiger partial charge in [0.05, 0.1) is 5.56 Å². The lowest BCUT2D eigenvalue weighted by molar-refractivity contribution is 0.318. The molecular weight excluding hydrogens is 192 g/mol. The van der Waals surface area contributed by atoms with Gasteiger partial charge in [-0.25, -0.2) is 4.98 Å². The highest BCUT2D eigenvalue weighted by Crippen LogP contribution is 2.23. The molecule has 0 spiro atoms. The van der Waals surface area contributed by atoms with E-state index in [2.05, 4.69) is 10.1 Å². The molecule has 5 nitrogen and oxygen atoms in total. The number of aromatic nitrogens is 1. The van der Waals surface area contributed by atoms with Gasteiger partial charge in [0.1, 0.15) is 5.82 Å². The van der Waals surface area contributed by atoms with Crippen molar-refractivity contribution in [2.75, 3.05) is 5.73 Å². The lowest BCUT2D eigenvalue weighted by Crippen LogP contribution is -2.18. The summed E-state index contributed by atoms with van der Waals surface area (Å²) in [4.78, 5) is 4.29. The van der Waals surface area contributed by atoms with Crippen molar-refractivity contribution in [2.24, 2.45) is 10.9 Å². The molecule has 0 bridgehead atoms. The quantitative estimate of drug-likeness (QED) is 0.272. The second-order valence-corrected chi connectivity index (χ2v) is 3.72. The third-order valence-corrected chi connectivity index (χ3v) is 2.71. The minimum absolute atomic E-state index is 0.0216. The summed E-state index contributed by atoms with van der Waals surface area (Å²) in [5.74, 6) is 0.360. The molecule has 5 N–H and O–H groups in total. The summed E-state index contributed by atoms with van der Waals surface area (Å²) in [5.41, 5.74) is 14.0. The zero-order valence-corrected chi connectivity index (χ0v) is 8.40. The first-order chi connectivity index (χ1) is 7.22. The van der Waals surface area contributed by atoms with Gasteiger partial charge in [-0.3, -0.25) is 0 Å². The van der Waals surface area contributed by atoms with E-state index in [0.29, 0.717) is 11.4 Å². The number of hydrogen-bond acceptors (Lipinski definition) is 4. The summed E-state index contributed by atoms with van der Waals surface area (Å²) in [6.07, 6.45) is 4.28. The van der Waals surface area contributed by atoms with Crippen LogP contribution < -0.4 is 11.5 Å². The van der Waals surface area contributed by atoms with Crippen molar-refractivity contribution in [1.29, 1.82) is 0 Å². The largest absolute Gasteiger partial charge is 0.409 e. The van der Waals surface area contributed by atoms with Crippen molar-refractivity contribution >= 4 is 11.7 Å². The normalized spacial score (nSPS) is 16.1. The monoisotopic (exact) mass is 206 g/mol. The first-order valence-electron chi connectivity index (χ1n) is 4.98. The van der Waals surface area contributed by atoms with Crippen LogP contribution >= 0.6 is 0 Å². The second kappa shape index (κ2) is 3.76. The minimum atomic E-state index is 0.0216. The predicted octanol–water partition coefficient (Wildman–Crippen LogP) is 0.637. The Kier molecular flexibility index (Phi) is 2.45. The molecule has 1 aliphatic rings. The highest BCUT2D eigenvalue weighted by Gasteiger charge is 2.15. The van der Waals surface area contributed by atoms with Crippen molar-refractivity contribution < 1.29 is 5.21 Å². The fraction of sp³-hybridized carbons (Fsp3) is 0.400. The smallest absolute Gasteiger partial charge is 0.173 e. The molecule has 1 aromatic heterocycles. The summed E-state index contributed by atoms with van der Waals surface area (Å²) in [6, 6.07) is 1.88. The third-order valence-electron chi connectivity index (χ3n) is 2.71. The molecule has 15 heavy (non-hydrogen) atoms. The highest BCUT2D eigenvalue weighted by atomic mass is 16.4. The Morgan fingerprint density at radius 2 is 2.13 bits per heavy atom. The van der Waals surface area contributed by atoms with E-state index < -0.39 is 0 Å². The van der Waals surface area contributed by atoms with Crippen LogP contribution in [0.4, 0.5) is 5.82 Å². The average Bonchev–Trinajstić information content (AvgIpc) is 2.27. The van der Waals surface area contributed by atoms with E-state index in [4.69, 9.17) is 16.7 Å². The molecule has 0 aliphatic heterocycles. The van der Waals surface area contributed by atoms with Crippen LogP contribution in [0.3, 0.4) is 0 Å². The molecule has 1 heterocycles. The summed E-state index contributed by atoms with van der Waals surface area (Å²) in [7, 11) is 0. The lowest BCUT2D eigenvalue weighted by Gasteiger charge is -2.16. The van der Waals surface area contributed by atoms with Crippen molar-refractivity contribution in [2.45, 2.75) is 25.7 Å². The lowest BCUT2D eigenvalue weighted by atomic mass is 9.94. The maximum absolute atomic E-state index is 8.60. The number of amidine groups is 1. The van der Waals surface area contributed by atoms with Gasteiger partial charge >= 0.3 is 0 Å². The van der Waals surface area contributed by atoms with Gasteiger partial charge in [0.15, 0.2) is 5.84 Å². The Balaban J connectivity index is 2.49. The fourth-order valence-corrected chi connectivity index (χ4v) is 1.91. The Hall–Kier alpha value is -1.78. The van der Waals surface area contributed by atoms with Crippen LogP contribution in [0.15, 0.2) is 11.2 Å². The molecule has 80 valence electrons. The Morgan fingerprint density at radius 3 is 2.87 bits per heavy atom. The van der Waals surface area contributed by atoms with Gasteiger partial charge in [-0.2, -0.15) is 0 Å². The molecule has 1 aliphatic carbocycles. The molecule has 5 heteroatoms. The van der Waals surface area contributed by atoms with Gasteiger partial charge < -0.3 is 16.7 Å². The molecule has 0 aromatic carbocycles. The van der Waals surface area contributed by atoms with Crippen molar-refractivity contribution in [1.82, 2.24) is 4.98 Å². The van der Waals surface area contributed by atoms with Crippen molar-refractivity contribution in [3.8, 4) is 0 Å². The summed E-state index contributed by atoms with van der Waals surface area (Å²) in [6.45, 7) is 0. The summed E-state index contributed by atoms with van der Waals surface area (Å²) in [5, 5.41) is 11.5. The van der Waals surface area contributed by atoms with Crippen LogP contribution in [-0.4, -0.2) is 16.0 Å². The summed E-state index contributed by atoms with van der Waals surface area (Å²) >= 11 is 0. The first kappa shape index (κ1) is 9.76. The average molecular weight is 206 g/mol. The number of oxime groups is 1. The van der Waals surface area contributed by atoms with Crippen LogP contribution in [-0.2, 0) is 12.8 Å². The van der Waals surface area contributed by atoms with Crippen LogP contribution in [0, 0.1) is 0 Å². The molecular formula is C10H14N4O. The first-order valence-corrected chi connectivity index (χ1v) is 4.98.